The number of thiazole rings is 1. The molecule has 2 N–H and O–H groups in total. The summed E-state index contributed by atoms with van der Waals surface area (Å²) in [5.74, 6) is -1.30. The number of hydrogen-bond donors (Lipinski definition) is 2. The molecular formula is C28H41NO6S. The van der Waals surface area contributed by atoms with Gasteiger partial charge in [0.2, 0.25) is 0 Å². The van der Waals surface area contributed by atoms with E-state index in [1.165, 1.54) is 0 Å². The van der Waals surface area contributed by atoms with Crippen LogP contribution in [0.4, 0.5) is 0 Å². The van der Waals surface area contributed by atoms with Gasteiger partial charge in [-0.25, -0.2) is 4.98 Å². The molecule has 3 fully saturated rings. The van der Waals surface area contributed by atoms with Gasteiger partial charge in [-0.3, -0.25) is 9.59 Å². The number of Topliss-reactive ketones (excluding diaryl/α,β-unsaturated/α-hetero) is 1. The van der Waals surface area contributed by atoms with Crippen molar-refractivity contribution in [2.45, 2.75) is 116 Å². The summed E-state index contributed by atoms with van der Waals surface area (Å²) >= 11 is 1.57. The van der Waals surface area contributed by atoms with Gasteiger partial charge >= 0.3 is 5.97 Å². The summed E-state index contributed by atoms with van der Waals surface area (Å²) in [5, 5.41) is 25.0. The zero-order valence-corrected chi connectivity index (χ0v) is 23.0. The van der Waals surface area contributed by atoms with Crippen molar-refractivity contribution in [3.05, 3.63) is 21.7 Å². The molecule has 1 saturated carbocycles. The highest BCUT2D eigenvalue weighted by molar-refractivity contribution is 7.09. The summed E-state index contributed by atoms with van der Waals surface area (Å²) in [5.41, 5.74) is 0.438. The van der Waals surface area contributed by atoms with Gasteiger partial charge in [0.15, 0.2) is 0 Å². The molecule has 3 heterocycles. The molecule has 1 aromatic heterocycles. The Hall–Kier alpha value is -1.61. The largest absolute Gasteiger partial charge is 0.458 e. The Morgan fingerprint density at radius 2 is 1.92 bits per heavy atom. The minimum atomic E-state index is -1.13. The molecule has 0 unspecified atom stereocenters. The predicted molar refractivity (Wildman–Crippen MR) is 138 cm³/mol. The summed E-state index contributed by atoms with van der Waals surface area (Å²) < 4.78 is 12.0. The first kappa shape index (κ1) is 27.4. The van der Waals surface area contributed by atoms with Crippen molar-refractivity contribution in [3.63, 3.8) is 0 Å². The zero-order valence-electron chi connectivity index (χ0n) is 22.2. The number of epoxide rings is 1. The number of carbonyl (C=O) groups is 2. The third-order valence-electron chi connectivity index (χ3n) is 8.83. The Kier molecular flexibility index (Phi) is 8.10. The molecule has 0 aromatic carbocycles. The highest BCUT2D eigenvalue weighted by Gasteiger charge is 2.54. The van der Waals surface area contributed by atoms with Gasteiger partial charge in [0.25, 0.3) is 0 Å². The molecule has 36 heavy (non-hydrogen) atoms. The van der Waals surface area contributed by atoms with Gasteiger partial charge in [0.05, 0.1) is 46.5 Å². The van der Waals surface area contributed by atoms with E-state index in [0.717, 1.165) is 42.0 Å². The van der Waals surface area contributed by atoms with E-state index in [1.54, 1.807) is 18.3 Å². The number of ether oxygens (including phenoxy) is 2. The predicted octanol–water partition coefficient (Wildman–Crippen LogP) is 4.62. The maximum atomic E-state index is 13.5. The minimum Gasteiger partial charge on any atom is -0.458 e. The van der Waals surface area contributed by atoms with Gasteiger partial charge in [0.1, 0.15) is 11.9 Å². The van der Waals surface area contributed by atoms with E-state index in [0.29, 0.717) is 19.3 Å². The number of nitrogens with zero attached hydrogens (tertiary/aromatic N) is 1. The molecule has 1 aromatic rings. The summed E-state index contributed by atoms with van der Waals surface area (Å²) in [6.07, 6.45) is 4.18. The Morgan fingerprint density at radius 1 is 1.19 bits per heavy atom. The lowest BCUT2D eigenvalue weighted by atomic mass is 9.58. The first-order valence-electron chi connectivity index (χ1n) is 13.3. The maximum Gasteiger partial charge on any atom is 0.309 e. The van der Waals surface area contributed by atoms with Gasteiger partial charge in [-0.15, -0.1) is 11.3 Å². The van der Waals surface area contributed by atoms with E-state index in [4.69, 9.17) is 9.47 Å². The van der Waals surface area contributed by atoms with Crippen molar-refractivity contribution in [1.82, 2.24) is 4.98 Å². The van der Waals surface area contributed by atoms with Crippen LogP contribution in [0.15, 0.2) is 11.0 Å². The van der Waals surface area contributed by atoms with Crippen molar-refractivity contribution in [2.24, 2.45) is 17.3 Å². The summed E-state index contributed by atoms with van der Waals surface area (Å²) in [6, 6.07) is 0. The quantitative estimate of drug-likeness (QED) is 0.433. The van der Waals surface area contributed by atoms with Crippen LogP contribution >= 0.6 is 11.3 Å². The first-order valence-corrected chi connectivity index (χ1v) is 14.2. The summed E-state index contributed by atoms with van der Waals surface area (Å²) in [6.45, 7) is 9.70. The van der Waals surface area contributed by atoms with Crippen molar-refractivity contribution in [3.8, 4) is 0 Å². The number of fused-ring (bicyclic) bond motifs is 1. The van der Waals surface area contributed by atoms with Crippen LogP contribution in [0.1, 0.15) is 89.8 Å². The van der Waals surface area contributed by atoms with Crippen molar-refractivity contribution in [2.75, 3.05) is 0 Å². The van der Waals surface area contributed by atoms with Crippen LogP contribution in [0.25, 0.3) is 6.08 Å². The van der Waals surface area contributed by atoms with Gasteiger partial charge < -0.3 is 19.7 Å². The van der Waals surface area contributed by atoms with Crippen LogP contribution in [-0.4, -0.2) is 57.0 Å². The normalized spacial score (nSPS) is 38.2. The molecule has 2 saturated heterocycles. The van der Waals surface area contributed by atoms with Crippen LogP contribution in [0.3, 0.4) is 0 Å². The number of esters is 1. The van der Waals surface area contributed by atoms with Crippen LogP contribution in [0.2, 0.25) is 0 Å². The van der Waals surface area contributed by atoms with Crippen LogP contribution < -0.4 is 0 Å². The van der Waals surface area contributed by atoms with Crippen molar-refractivity contribution < 1.29 is 29.3 Å². The molecule has 1 aliphatic carbocycles. The van der Waals surface area contributed by atoms with Gasteiger partial charge in [-0.05, 0) is 64.0 Å². The highest BCUT2D eigenvalue weighted by Crippen LogP contribution is 2.49. The average Bonchev–Trinajstić information content (AvgIpc) is 3.22. The summed E-state index contributed by atoms with van der Waals surface area (Å²) in [7, 11) is 0. The van der Waals surface area contributed by atoms with Crippen LogP contribution in [0, 0.1) is 24.2 Å². The first-order chi connectivity index (χ1) is 16.9. The number of aryl methyl sites for hydroxylation is 1. The number of aromatic nitrogens is 1. The van der Waals surface area contributed by atoms with Crippen LogP contribution in [-0.2, 0) is 19.1 Å². The maximum absolute atomic E-state index is 13.5. The molecule has 7 atom stereocenters. The third-order valence-corrected chi connectivity index (χ3v) is 9.63. The second-order valence-corrected chi connectivity index (χ2v) is 12.6. The molecule has 2 aliphatic heterocycles. The van der Waals surface area contributed by atoms with E-state index in [9.17, 15) is 19.8 Å². The monoisotopic (exact) mass is 519 g/mol. The third kappa shape index (κ3) is 5.62. The Balaban J connectivity index is 1.58. The average molecular weight is 520 g/mol. The Bertz CT molecular complexity index is 1000. The topological polar surface area (TPSA) is 109 Å². The fourth-order valence-electron chi connectivity index (χ4n) is 6.01. The molecule has 3 aliphatic rings. The van der Waals surface area contributed by atoms with Gasteiger partial charge in [0, 0.05) is 17.7 Å². The van der Waals surface area contributed by atoms with Crippen molar-refractivity contribution in [1.29, 1.82) is 0 Å². The number of rotatable bonds is 2. The van der Waals surface area contributed by atoms with Crippen LogP contribution in [0.5, 0.6) is 0 Å². The fraction of sp³-hybridized carbons (Fsp3) is 0.750. The number of cyclic esters (lactones) is 1. The molecule has 0 radical (unpaired) electrons. The number of aliphatic hydroxyl groups excluding tert-OH is 2. The lowest BCUT2D eigenvalue weighted by Crippen LogP contribution is -2.53. The van der Waals surface area contributed by atoms with E-state index in [1.807, 2.05) is 32.2 Å². The van der Waals surface area contributed by atoms with Gasteiger partial charge in [-0.1, -0.05) is 26.7 Å². The number of hydrogen-bond acceptors (Lipinski definition) is 8. The molecule has 4 rings (SSSR count). The zero-order chi connectivity index (χ0) is 26.3. The lowest BCUT2D eigenvalue weighted by molar-refractivity contribution is -0.161. The molecule has 1 spiro atoms. The van der Waals surface area contributed by atoms with E-state index in [-0.39, 0.29) is 29.8 Å². The highest BCUT2D eigenvalue weighted by atomic mass is 32.1. The SMILES string of the molecule is CC(=Cc1csc(C)n1)[C@@H]1C[C@@H]2O[C@]2(C)CCC[C@H](C)[C@H](O)[C@@H](C)C(=O)C2(CCC2)[C@@H](O)CC(=O)O1. The van der Waals surface area contributed by atoms with Crippen molar-refractivity contribution >= 4 is 29.2 Å². The smallest absolute Gasteiger partial charge is 0.309 e. The van der Waals surface area contributed by atoms with E-state index in [2.05, 4.69) is 11.9 Å². The lowest BCUT2D eigenvalue weighted by Gasteiger charge is -2.46. The Labute approximate surface area is 218 Å². The molecule has 0 amide bonds. The summed E-state index contributed by atoms with van der Waals surface area (Å²) in [4.78, 5) is 31.1. The standard InChI is InChI=1S/C28H41NO6S/c1-16-8-6-9-27(5)23(35-27)13-21(17(2)12-20-15-36-19(4)29-20)34-24(31)14-22(30)28(10-7-11-28)26(33)18(3)25(16)32/h12,15-16,18,21-23,25,30,32H,6-11,13-14H2,1-5H3/t16-,18+,21-,22-,23-,25-,27+/m0/s1. The van der Waals surface area contributed by atoms with E-state index >= 15 is 0 Å². The molecule has 200 valence electrons. The second kappa shape index (κ2) is 10.6. The van der Waals surface area contributed by atoms with E-state index < -0.39 is 35.6 Å². The number of carbonyl (C=O) groups excluding carboxylic acids is 2. The molecular weight excluding hydrogens is 478 g/mol. The van der Waals surface area contributed by atoms with Gasteiger partial charge in [-0.2, -0.15) is 0 Å². The minimum absolute atomic E-state index is 0.0349. The number of ketones is 1. The molecule has 8 heteroatoms. The Morgan fingerprint density at radius 3 is 2.53 bits per heavy atom. The second-order valence-electron chi connectivity index (χ2n) is 11.6. The number of aliphatic hydroxyl groups is 2. The fourth-order valence-corrected chi connectivity index (χ4v) is 6.58. The molecule has 7 nitrogen and oxygen atoms in total. The molecule has 0 bridgehead atoms.